The van der Waals surface area contributed by atoms with Crippen LogP contribution in [0.4, 0.5) is 0 Å². The summed E-state index contributed by atoms with van der Waals surface area (Å²) in [6.07, 6.45) is 5.82. The molecule has 1 aromatic heterocycles. The van der Waals surface area contributed by atoms with Gasteiger partial charge >= 0.3 is 0 Å². The van der Waals surface area contributed by atoms with E-state index < -0.39 is 0 Å². The predicted molar refractivity (Wildman–Crippen MR) is 82.3 cm³/mol. The van der Waals surface area contributed by atoms with E-state index in [1.54, 1.807) is 0 Å². The Bertz CT molecular complexity index is 564. The lowest BCUT2D eigenvalue weighted by molar-refractivity contribution is 0.669. The molecule has 1 fully saturated rings. The van der Waals surface area contributed by atoms with E-state index in [4.69, 9.17) is 0 Å². The smallest absolute Gasteiger partial charge is 0.0649 e. The molecule has 20 heavy (non-hydrogen) atoms. The van der Waals surface area contributed by atoms with Crippen LogP contribution < -0.4 is 5.32 Å². The average Bonchev–Trinajstić information content (AvgIpc) is 3.21. The Labute approximate surface area is 121 Å². The lowest BCUT2D eigenvalue weighted by atomic mass is 10.1. The van der Waals surface area contributed by atoms with Gasteiger partial charge in [-0.2, -0.15) is 5.10 Å². The summed E-state index contributed by atoms with van der Waals surface area (Å²) >= 11 is 0. The molecule has 106 valence electrons. The Morgan fingerprint density at radius 2 is 2.00 bits per heavy atom. The molecule has 0 radical (unpaired) electrons. The monoisotopic (exact) mass is 269 g/mol. The van der Waals surface area contributed by atoms with Crippen LogP contribution in [-0.2, 0) is 6.54 Å². The molecule has 0 amide bonds. The lowest BCUT2D eigenvalue weighted by Gasteiger charge is -2.10. The first-order valence-electron chi connectivity index (χ1n) is 7.64. The largest absolute Gasteiger partial charge is 0.313 e. The molecule has 3 nitrogen and oxygen atoms in total. The van der Waals surface area contributed by atoms with Crippen LogP contribution in [0.25, 0.3) is 5.69 Å². The third kappa shape index (κ3) is 2.78. The van der Waals surface area contributed by atoms with E-state index in [1.165, 1.54) is 41.8 Å². The fourth-order valence-electron chi connectivity index (χ4n) is 2.61. The molecular formula is C17H23N3. The molecule has 0 unspecified atom stereocenters. The average molecular weight is 269 g/mol. The van der Waals surface area contributed by atoms with Crippen molar-refractivity contribution in [2.75, 3.05) is 6.54 Å². The summed E-state index contributed by atoms with van der Waals surface area (Å²) in [5.74, 6) is 0.706. The first-order chi connectivity index (χ1) is 9.79. The van der Waals surface area contributed by atoms with Gasteiger partial charge in [-0.1, -0.05) is 24.6 Å². The quantitative estimate of drug-likeness (QED) is 0.813. The van der Waals surface area contributed by atoms with Crippen molar-refractivity contribution in [2.45, 2.75) is 45.6 Å². The fraction of sp³-hybridized carbons (Fsp3) is 0.471. The second-order valence-corrected chi connectivity index (χ2v) is 5.75. The van der Waals surface area contributed by atoms with Crippen molar-refractivity contribution in [2.24, 2.45) is 0 Å². The number of benzene rings is 1. The standard InChI is InChI=1S/C17H23N3/c1-3-10-18-11-15-12-19-20(17(15)14-6-7-14)16-8-4-13(2)5-9-16/h4-5,8-9,12,14,18H,3,6-7,10-11H2,1-2H3. The van der Waals surface area contributed by atoms with Crippen molar-refractivity contribution in [3.63, 3.8) is 0 Å². The summed E-state index contributed by atoms with van der Waals surface area (Å²) in [6.45, 7) is 6.32. The van der Waals surface area contributed by atoms with Crippen LogP contribution >= 0.6 is 0 Å². The van der Waals surface area contributed by atoms with Crippen molar-refractivity contribution in [1.82, 2.24) is 15.1 Å². The van der Waals surface area contributed by atoms with Gasteiger partial charge in [0.1, 0.15) is 0 Å². The molecule has 2 aromatic rings. The topological polar surface area (TPSA) is 29.9 Å². The van der Waals surface area contributed by atoms with Gasteiger partial charge in [0, 0.05) is 18.0 Å². The minimum Gasteiger partial charge on any atom is -0.313 e. The van der Waals surface area contributed by atoms with E-state index in [9.17, 15) is 0 Å². The predicted octanol–water partition coefficient (Wildman–Crippen LogP) is 3.56. The molecule has 3 rings (SSSR count). The second-order valence-electron chi connectivity index (χ2n) is 5.75. The first-order valence-corrected chi connectivity index (χ1v) is 7.64. The molecule has 0 spiro atoms. The molecule has 0 saturated heterocycles. The van der Waals surface area contributed by atoms with E-state index in [0.717, 1.165) is 13.1 Å². The summed E-state index contributed by atoms with van der Waals surface area (Å²) in [7, 11) is 0. The zero-order valence-electron chi connectivity index (χ0n) is 12.4. The Balaban J connectivity index is 1.88. The highest BCUT2D eigenvalue weighted by Crippen LogP contribution is 2.42. The Morgan fingerprint density at radius 1 is 1.25 bits per heavy atom. The molecule has 1 aromatic carbocycles. The van der Waals surface area contributed by atoms with Crippen molar-refractivity contribution in [1.29, 1.82) is 0 Å². The number of aromatic nitrogens is 2. The Morgan fingerprint density at radius 3 is 2.65 bits per heavy atom. The molecule has 0 aliphatic heterocycles. The molecule has 1 heterocycles. The molecule has 1 N–H and O–H groups in total. The van der Waals surface area contributed by atoms with E-state index in [-0.39, 0.29) is 0 Å². The minimum absolute atomic E-state index is 0.706. The van der Waals surface area contributed by atoms with Crippen LogP contribution in [0.5, 0.6) is 0 Å². The van der Waals surface area contributed by atoms with Crippen LogP contribution in [0.1, 0.15) is 48.9 Å². The molecular weight excluding hydrogens is 246 g/mol. The number of aryl methyl sites for hydroxylation is 1. The highest BCUT2D eigenvalue weighted by atomic mass is 15.3. The van der Waals surface area contributed by atoms with Crippen LogP contribution in [-0.4, -0.2) is 16.3 Å². The van der Waals surface area contributed by atoms with Gasteiger partial charge in [-0.25, -0.2) is 4.68 Å². The molecule has 0 atom stereocenters. The van der Waals surface area contributed by atoms with Crippen LogP contribution in [0.15, 0.2) is 30.5 Å². The van der Waals surface area contributed by atoms with E-state index in [0.29, 0.717) is 5.92 Å². The van der Waals surface area contributed by atoms with Gasteiger partial charge in [0.05, 0.1) is 17.6 Å². The molecule has 3 heteroatoms. The minimum atomic E-state index is 0.706. The van der Waals surface area contributed by atoms with Crippen LogP contribution in [0.2, 0.25) is 0 Å². The van der Waals surface area contributed by atoms with E-state index in [2.05, 4.69) is 53.2 Å². The Hall–Kier alpha value is -1.61. The molecule has 1 aliphatic rings. The normalized spacial score (nSPS) is 14.7. The van der Waals surface area contributed by atoms with Crippen molar-refractivity contribution < 1.29 is 0 Å². The van der Waals surface area contributed by atoms with Gasteiger partial charge in [-0.3, -0.25) is 0 Å². The summed E-state index contributed by atoms with van der Waals surface area (Å²) in [5, 5.41) is 8.13. The lowest BCUT2D eigenvalue weighted by Crippen LogP contribution is -2.15. The van der Waals surface area contributed by atoms with Crippen molar-refractivity contribution >= 4 is 0 Å². The third-order valence-electron chi connectivity index (χ3n) is 3.87. The fourth-order valence-corrected chi connectivity index (χ4v) is 2.61. The number of rotatable bonds is 6. The summed E-state index contributed by atoms with van der Waals surface area (Å²) < 4.78 is 2.14. The SMILES string of the molecule is CCCNCc1cnn(-c2ccc(C)cc2)c1C1CC1. The Kier molecular flexibility index (Phi) is 3.88. The van der Waals surface area contributed by atoms with Gasteiger partial charge in [0.15, 0.2) is 0 Å². The van der Waals surface area contributed by atoms with E-state index >= 15 is 0 Å². The van der Waals surface area contributed by atoms with Crippen LogP contribution in [0.3, 0.4) is 0 Å². The van der Waals surface area contributed by atoms with Crippen molar-refractivity contribution in [3.8, 4) is 5.69 Å². The van der Waals surface area contributed by atoms with Gasteiger partial charge in [0.25, 0.3) is 0 Å². The van der Waals surface area contributed by atoms with E-state index in [1.807, 2.05) is 6.20 Å². The molecule has 1 aliphatic carbocycles. The van der Waals surface area contributed by atoms with Gasteiger partial charge in [-0.05, 0) is 44.9 Å². The van der Waals surface area contributed by atoms with Gasteiger partial charge in [0.2, 0.25) is 0 Å². The summed E-state index contributed by atoms with van der Waals surface area (Å²) in [4.78, 5) is 0. The number of nitrogens with zero attached hydrogens (tertiary/aromatic N) is 2. The van der Waals surface area contributed by atoms with Crippen molar-refractivity contribution in [3.05, 3.63) is 47.3 Å². The second kappa shape index (κ2) is 5.80. The maximum absolute atomic E-state index is 4.63. The highest BCUT2D eigenvalue weighted by Gasteiger charge is 2.30. The number of hydrogen-bond acceptors (Lipinski definition) is 2. The van der Waals surface area contributed by atoms with Gasteiger partial charge in [-0.15, -0.1) is 0 Å². The zero-order chi connectivity index (χ0) is 13.9. The molecule has 1 saturated carbocycles. The molecule has 0 bridgehead atoms. The number of nitrogens with one attached hydrogen (secondary N) is 1. The summed E-state index contributed by atoms with van der Waals surface area (Å²) in [6, 6.07) is 8.64. The van der Waals surface area contributed by atoms with Crippen LogP contribution in [0, 0.1) is 6.92 Å². The summed E-state index contributed by atoms with van der Waals surface area (Å²) in [5.41, 5.74) is 5.25. The third-order valence-corrected chi connectivity index (χ3v) is 3.87. The highest BCUT2D eigenvalue weighted by molar-refractivity contribution is 5.39. The zero-order valence-corrected chi connectivity index (χ0v) is 12.4. The maximum Gasteiger partial charge on any atom is 0.0649 e. The first kappa shape index (κ1) is 13.4. The maximum atomic E-state index is 4.63. The number of hydrogen-bond donors (Lipinski definition) is 1. The van der Waals surface area contributed by atoms with Gasteiger partial charge < -0.3 is 5.32 Å².